The molecular formula is C35H48N6O9S. The average Bonchev–Trinajstić information content (AvgIpc) is 3.61. The molecule has 4 atom stereocenters. The standard InChI is InChI=1S/C22H32N4O4.C13H16N2O5S/c1-14-11-19(28)25-13-16(26-18(27)6-5-17(14)20(25)26)12-24-9-7-15(8-10-24)23-21(29)30-22(2,3)4;1-8-5-12(17)14-6-9(7-21(18,19)20-2)15-11(16)4-3-10(8)13(14)15/h5-6,14-16H,7-13H2,1-4H3,(H,23,29);3-4,8-9H,5-7H2,1-2H3/t14?,16-;8?,9-/m10/s1. The Labute approximate surface area is 297 Å². The second-order valence-corrected chi connectivity index (χ2v) is 17.1. The van der Waals surface area contributed by atoms with Crippen molar-refractivity contribution < 1.29 is 31.7 Å². The molecule has 15 nitrogen and oxygen atoms in total. The van der Waals surface area contributed by atoms with Gasteiger partial charge in [-0.25, -0.2) is 4.79 Å². The van der Waals surface area contributed by atoms with Crippen molar-refractivity contribution in [3.05, 3.63) is 56.1 Å². The Bertz CT molecular complexity index is 1940. The molecule has 2 aromatic rings. The number of nitrogens with zero attached hydrogens (tertiary/aromatic N) is 5. The van der Waals surface area contributed by atoms with Gasteiger partial charge in [-0.15, -0.1) is 0 Å². The first kappa shape index (κ1) is 36.8. The molecule has 0 spiro atoms. The molecule has 3 amide bonds. The van der Waals surface area contributed by atoms with Crippen LogP contribution in [0.2, 0.25) is 0 Å². The molecular weight excluding hydrogens is 680 g/mol. The minimum Gasteiger partial charge on any atom is -0.444 e. The van der Waals surface area contributed by atoms with E-state index in [0.717, 1.165) is 56.5 Å². The number of piperidine rings is 1. The summed E-state index contributed by atoms with van der Waals surface area (Å²) in [5.74, 6) is 1.22. The van der Waals surface area contributed by atoms with Gasteiger partial charge in [-0.3, -0.25) is 42.3 Å². The monoisotopic (exact) mass is 728 g/mol. The van der Waals surface area contributed by atoms with Crippen LogP contribution in [0.3, 0.4) is 0 Å². The number of rotatable bonds is 6. The maximum atomic E-state index is 12.6. The van der Waals surface area contributed by atoms with Gasteiger partial charge in [0.25, 0.3) is 21.2 Å². The van der Waals surface area contributed by atoms with E-state index in [1.165, 1.54) is 15.5 Å². The van der Waals surface area contributed by atoms with Gasteiger partial charge in [0.15, 0.2) is 0 Å². The molecule has 2 aromatic heterocycles. The van der Waals surface area contributed by atoms with E-state index in [2.05, 4.69) is 14.4 Å². The van der Waals surface area contributed by atoms with Crippen LogP contribution in [0.4, 0.5) is 16.4 Å². The fraction of sp³-hybridized carbons (Fsp3) is 0.629. The zero-order chi connectivity index (χ0) is 37.0. The van der Waals surface area contributed by atoms with Crippen LogP contribution < -0.4 is 26.2 Å². The van der Waals surface area contributed by atoms with E-state index in [9.17, 15) is 32.4 Å². The smallest absolute Gasteiger partial charge is 0.407 e. The van der Waals surface area contributed by atoms with Crippen molar-refractivity contribution >= 4 is 39.7 Å². The number of amides is 3. The Balaban J connectivity index is 0.000000187. The summed E-state index contributed by atoms with van der Waals surface area (Å²) in [7, 11) is -2.62. The van der Waals surface area contributed by atoms with Crippen LogP contribution in [0.5, 0.6) is 0 Å². The van der Waals surface area contributed by atoms with Crippen LogP contribution >= 0.6 is 0 Å². The fourth-order valence-corrected chi connectivity index (χ4v) is 8.79. The van der Waals surface area contributed by atoms with E-state index < -0.39 is 21.8 Å². The van der Waals surface area contributed by atoms with E-state index in [1.807, 2.05) is 45.3 Å². The SMILES string of the molecule is CC1CC(=O)N2C[C@@H](CN3CCC(NC(=O)OC(C)(C)C)CC3)n3c2c1ccc3=O.COS(=O)(=O)C[C@@H]1CN2C(=O)CC(C)c3ccc(=O)n1c32. The van der Waals surface area contributed by atoms with E-state index in [1.54, 1.807) is 17.0 Å². The summed E-state index contributed by atoms with van der Waals surface area (Å²) in [6, 6.07) is 6.14. The van der Waals surface area contributed by atoms with Crippen molar-refractivity contribution in [1.29, 1.82) is 0 Å². The molecule has 7 rings (SSSR count). The van der Waals surface area contributed by atoms with E-state index in [-0.39, 0.29) is 65.2 Å². The zero-order valence-electron chi connectivity index (χ0n) is 30.1. The third kappa shape index (κ3) is 7.49. The summed E-state index contributed by atoms with van der Waals surface area (Å²) in [6.45, 7) is 12.7. The predicted molar refractivity (Wildman–Crippen MR) is 190 cm³/mol. The van der Waals surface area contributed by atoms with Gasteiger partial charge in [-0.1, -0.05) is 13.8 Å². The lowest BCUT2D eigenvalue weighted by Gasteiger charge is -2.34. The second-order valence-electron chi connectivity index (χ2n) is 15.3. The largest absolute Gasteiger partial charge is 0.444 e. The predicted octanol–water partition coefficient (Wildman–Crippen LogP) is 2.45. The Hall–Kier alpha value is -4.02. The van der Waals surface area contributed by atoms with Gasteiger partial charge < -0.3 is 15.0 Å². The Kier molecular flexibility index (Phi) is 9.98. The van der Waals surface area contributed by atoms with Crippen LogP contribution in [0.15, 0.2) is 33.9 Å². The molecule has 5 aliphatic heterocycles. The van der Waals surface area contributed by atoms with Gasteiger partial charge in [0, 0.05) is 63.7 Å². The van der Waals surface area contributed by atoms with Crippen molar-refractivity contribution in [2.24, 2.45) is 0 Å². The summed E-state index contributed by atoms with van der Waals surface area (Å²) in [4.78, 5) is 67.2. The minimum atomic E-state index is -3.72. The molecule has 7 heterocycles. The number of nitrogens with one attached hydrogen (secondary N) is 1. The van der Waals surface area contributed by atoms with Gasteiger partial charge >= 0.3 is 6.09 Å². The summed E-state index contributed by atoms with van der Waals surface area (Å²) >= 11 is 0. The lowest BCUT2D eigenvalue weighted by atomic mass is 9.94. The van der Waals surface area contributed by atoms with Crippen molar-refractivity contribution in [1.82, 2.24) is 19.4 Å². The number of likely N-dealkylation sites (tertiary alicyclic amines) is 1. The average molecular weight is 729 g/mol. The maximum absolute atomic E-state index is 12.6. The second kappa shape index (κ2) is 13.8. The Morgan fingerprint density at radius 2 is 1.31 bits per heavy atom. The molecule has 1 N–H and O–H groups in total. The molecule has 0 aromatic carbocycles. The molecule has 0 saturated carbocycles. The number of hydrogen-bond acceptors (Lipinski definition) is 10. The molecule has 0 aliphatic carbocycles. The highest BCUT2D eigenvalue weighted by molar-refractivity contribution is 7.86. The molecule has 0 bridgehead atoms. The highest BCUT2D eigenvalue weighted by atomic mass is 32.2. The van der Waals surface area contributed by atoms with Gasteiger partial charge in [0.05, 0.1) is 24.9 Å². The van der Waals surface area contributed by atoms with Crippen LogP contribution in [0, 0.1) is 0 Å². The van der Waals surface area contributed by atoms with Crippen LogP contribution in [-0.2, 0) is 28.6 Å². The summed E-state index contributed by atoms with van der Waals surface area (Å²) in [5.41, 5.74) is 1.17. The van der Waals surface area contributed by atoms with Crippen molar-refractivity contribution in [3.63, 3.8) is 0 Å². The number of pyridine rings is 2. The van der Waals surface area contributed by atoms with Gasteiger partial charge in [0.2, 0.25) is 11.8 Å². The molecule has 278 valence electrons. The van der Waals surface area contributed by atoms with Crippen LogP contribution in [0.1, 0.15) is 95.3 Å². The number of alkyl carbamates (subject to hydrolysis) is 1. The molecule has 51 heavy (non-hydrogen) atoms. The first-order valence-corrected chi connectivity index (χ1v) is 19.2. The van der Waals surface area contributed by atoms with Crippen LogP contribution in [-0.4, -0.2) is 97.6 Å². The summed E-state index contributed by atoms with van der Waals surface area (Å²) in [6.07, 6.45) is 2.18. The first-order valence-electron chi connectivity index (χ1n) is 17.6. The third-order valence-corrected chi connectivity index (χ3v) is 11.6. The van der Waals surface area contributed by atoms with Crippen molar-refractivity contribution in [2.75, 3.05) is 55.4 Å². The number of carbonyl (C=O) groups is 3. The fourth-order valence-electron chi connectivity index (χ4n) is 7.93. The molecule has 2 unspecified atom stereocenters. The van der Waals surface area contributed by atoms with Gasteiger partial charge in [-0.2, -0.15) is 8.42 Å². The van der Waals surface area contributed by atoms with E-state index in [4.69, 9.17) is 4.74 Å². The molecule has 5 aliphatic rings. The lowest BCUT2D eigenvalue weighted by molar-refractivity contribution is -0.120. The quantitative estimate of drug-likeness (QED) is 0.436. The Morgan fingerprint density at radius 3 is 1.80 bits per heavy atom. The highest BCUT2D eigenvalue weighted by Gasteiger charge is 2.42. The number of anilines is 2. The number of ether oxygens (including phenoxy) is 1. The topological polar surface area (TPSA) is 170 Å². The lowest BCUT2D eigenvalue weighted by Crippen LogP contribution is -2.47. The third-order valence-electron chi connectivity index (χ3n) is 10.3. The van der Waals surface area contributed by atoms with Gasteiger partial charge in [-0.05, 0) is 68.7 Å². The number of aromatic nitrogens is 2. The molecule has 1 fully saturated rings. The molecule has 1 saturated heterocycles. The van der Waals surface area contributed by atoms with Gasteiger partial charge in [0.1, 0.15) is 17.2 Å². The normalized spacial score (nSPS) is 24.5. The van der Waals surface area contributed by atoms with Crippen molar-refractivity contribution in [2.45, 2.75) is 95.9 Å². The first-order chi connectivity index (χ1) is 24.0. The maximum Gasteiger partial charge on any atom is 0.407 e. The Morgan fingerprint density at radius 1 is 0.824 bits per heavy atom. The van der Waals surface area contributed by atoms with Crippen LogP contribution in [0.25, 0.3) is 0 Å². The van der Waals surface area contributed by atoms with E-state index >= 15 is 0 Å². The minimum absolute atomic E-state index is 0.0217. The summed E-state index contributed by atoms with van der Waals surface area (Å²) in [5, 5.41) is 2.96. The number of carbonyl (C=O) groups excluding carboxylic acids is 3. The van der Waals surface area contributed by atoms with E-state index in [0.29, 0.717) is 25.2 Å². The summed E-state index contributed by atoms with van der Waals surface area (Å²) < 4.78 is 36.4. The molecule has 16 heteroatoms. The zero-order valence-corrected chi connectivity index (χ0v) is 30.9. The number of hydrogen-bond donors (Lipinski definition) is 1. The molecule has 0 radical (unpaired) electrons. The van der Waals surface area contributed by atoms with Crippen molar-refractivity contribution in [3.8, 4) is 0 Å². The highest BCUT2D eigenvalue weighted by Crippen LogP contribution is 2.42.